The number of benzene rings is 5. The number of hydrogen-bond donors (Lipinski definition) is 0. The van der Waals surface area contributed by atoms with Gasteiger partial charge in [0.1, 0.15) is 6.61 Å². The van der Waals surface area contributed by atoms with Crippen LogP contribution < -0.4 is 0 Å². The summed E-state index contributed by atoms with van der Waals surface area (Å²) >= 11 is 0. The molecule has 0 amide bonds. The summed E-state index contributed by atoms with van der Waals surface area (Å²) in [7, 11) is 0. The van der Waals surface area contributed by atoms with E-state index in [1.807, 2.05) is 0 Å². The minimum absolute atomic E-state index is 0.248. The maximum Gasteiger partial charge on any atom is 0.333 e. The van der Waals surface area contributed by atoms with E-state index in [0.717, 1.165) is 10.9 Å². The lowest BCUT2D eigenvalue weighted by atomic mass is 9.88. The number of fused-ring (bicyclic) bond motifs is 2. The molecule has 5 aromatic rings. The van der Waals surface area contributed by atoms with Crippen LogP contribution in [0.5, 0.6) is 0 Å². The maximum atomic E-state index is 11.8. The number of rotatable bonds is 3. The Morgan fingerprint density at radius 3 is 2.00 bits per heavy atom. The summed E-state index contributed by atoms with van der Waals surface area (Å²) in [5, 5.41) is 9.92. The van der Waals surface area contributed by atoms with E-state index in [-0.39, 0.29) is 12.6 Å². The summed E-state index contributed by atoms with van der Waals surface area (Å²) in [4.78, 5) is 11.8. The summed E-state index contributed by atoms with van der Waals surface area (Å²) < 4.78 is 5.42. The van der Waals surface area contributed by atoms with Crippen LogP contribution in [0.1, 0.15) is 12.5 Å². The van der Waals surface area contributed by atoms with Gasteiger partial charge in [-0.25, -0.2) is 4.79 Å². The molecule has 0 aliphatic carbocycles. The quantitative estimate of drug-likeness (QED) is 0.164. The van der Waals surface area contributed by atoms with Gasteiger partial charge in [0.15, 0.2) is 0 Å². The van der Waals surface area contributed by atoms with Crippen molar-refractivity contribution in [1.82, 2.24) is 0 Å². The molecule has 0 aliphatic heterocycles. The third kappa shape index (κ3) is 2.30. The molecule has 0 aromatic heterocycles. The number of hydrogen-bond acceptors (Lipinski definition) is 2. The first-order chi connectivity index (χ1) is 13.1. The number of esters is 1. The highest BCUT2D eigenvalue weighted by Crippen LogP contribution is 2.40. The molecular formula is C25H18O2. The highest BCUT2D eigenvalue weighted by Gasteiger charge is 2.14. The van der Waals surface area contributed by atoms with E-state index in [1.165, 1.54) is 37.7 Å². The van der Waals surface area contributed by atoms with E-state index in [2.05, 4.69) is 73.3 Å². The van der Waals surface area contributed by atoms with E-state index in [9.17, 15) is 4.79 Å². The van der Waals surface area contributed by atoms with Gasteiger partial charge in [0.2, 0.25) is 0 Å². The van der Waals surface area contributed by atoms with Crippen LogP contribution >= 0.6 is 0 Å². The number of ether oxygens (including phenoxy) is 1. The molecule has 0 N–H and O–H groups in total. The Morgan fingerprint density at radius 2 is 1.33 bits per heavy atom. The second-order valence-electron chi connectivity index (χ2n) is 7.07. The largest absolute Gasteiger partial charge is 0.457 e. The van der Waals surface area contributed by atoms with Crippen LogP contribution in [0.15, 0.2) is 78.9 Å². The Hall–Kier alpha value is -3.39. The molecule has 130 valence electrons. The van der Waals surface area contributed by atoms with E-state index >= 15 is 0 Å². The Morgan fingerprint density at radius 1 is 0.778 bits per heavy atom. The first kappa shape index (κ1) is 15.8. The van der Waals surface area contributed by atoms with Crippen molar-refractivity contribution in [3.8, 4) is 0 Å². The lowest BCUT2D eigenvalue weighted by Gasteiger charge is -2.16. The lowest BCUT2D eigenvalue weighted by molar-refractivity contribution is -0.140. The van der Waals surface area contributed by atoms with E-state index in [0.29, 0.717) is 5.57 Å². The van der Waals surface area contributed by atoms with Crippen LogP contribution in [0.3, 0.4) is 0 Å². The highest BCUT2D eigenvalue weighted by molar-refractivity contribution is 6.33. The first-order valence-corrected chi connectivity index (χ1v) is 9.05. The molecule has 0 fully saturated rings. The Kier molecular flexibility index (Phi) is 3.41. The average Bonchev–Trinajstić information content (AvgIpc) is 2.70. The smallest absolute Gasteiger partial charge is 0.333 e. The molecule has 0 unspecified atom stereocenters. The standard InChI is InChI=1S/C25H18O2/c1-15(2)25(26)27-14-17-12-13-22-20-10-4-7-16-6-3-9-19(23(16)20)21-11-5-8-18(17)24(21)22/h3-13H,1,14H2,2H3. The van der Waals surface area contributed by atoms with Crippen LogP contribution in [-0.4, -0.2) is 5.97 Å². The normalized spacial score (nSPS) is 11.6. The summed E-state index contributed by atoms with van der Waals surface area (Å²) in [5.74, 6) is -0.356. The van der Waals surface area contributed by atoms with Crippen LogP contribution in [0.25, 0.3) is 43.1 Å². The molecule has 5 rings (SSSR count). The average molecular weight is 350 g/mol. The van der Waals surface area contributed by atoms with Crippen LogP contribution in [0.4, 0.5) is 0 Å². The molecule has 5 aromatic carbocycles. The topological polar surface area (TPSA) is 26.3 Å². The molecular weight excluding hydrogens is 332 g/mol. The van der Waals surface area contributed by atoms with Crippen molar-refractivity contribution < 1.29 is 9.53 Å². The molecule has 0 saturated heterocycles. The Balaban J connectivity index is 1.84. The zero-order valence-electron chi connectivity index (χ0n) is 15.1. The van der Waals surface area contributed by atoms with Gasteiger partial charge in [0.05, 0.1) is 0 Å². The molecule has 2 nitrogen and oxygen atoms in total. The van der Waals surface area contributed by atoms with Gasteiger partial charge in [-0.15, -0.1) is 0 Å². The van der Waals surface area contributed by atoms with Gasteiger partial charge in [-0.05, 0) is 55.6 Å². The van der Waals surface area contributed by atoms with Crippen molar-refractivity contribution in [3.63, 3.8) is 0 Å². The van der Waals surface area contributed by atoms with Crippen molar-refractivity contribution in [2.24, 2.45) is 0 Å². The number of carbonyl (C=O) groups excluding carboxylic acids is 1. The first-order valence-electron chi connectivity index (χ1n) is 9.05. The van der Waals surface area contributed by atoms with Crippen molar-refractivity contribution in [3.05, 3.63) is 84.4 Å². The monoisotopic (exact) mass is 350 g/mol. The van der Waals surface area contributed by atoms with Crippen molar-refractivity contribution >= 4 is 49.1 Å². The molecule has 0 heterocycles. The predicted molar refractivity (Wildman–Crippen MR) is 112 cm³/mol. The third-order valence-electron chi connectivity index (χ3n) is 5.32. The Bertz CT molecular complexity index is 1310. The van der Waals surface area contributed by atoms with Gasteiger partial charge in [-0.3, -0.25) is 0 Å². The van der Waals surface area contributed by atoms with E-state index in [4.69, 9.17) is 4.74 Å². The Labute approximate surface area is 157 Å². The fraction of sp³-hybridized carbons (Fsp3) is 0.0800. The van der Waals surface area contributed by atoms with E-state index in [1.54, 1.807) is 6.92 Å². The summed E-state index contributed by atoms with van der Waals surface area (Å²) in [6.07, 6.45) is 0. The molecule has 0 atom stereocenters. The summed E-state index contributed by atoms with van der Waals surface area (Å²) in [5.41, 5.74) is 1.43. The van der Waals surface area contributed by atoms with Crippen LogP contribution in [-0.2, 0) is 16.1 Å². The minimum Gasteiger partial charge on any atom is -0.457 e. The van der Waals surface area contributed by atoms with Gasteiger partial charge < -0.3 is 4.74 Å². The van der Waals surface area contributed by atoms with Gasteiger partial charge in [-0.1, -0.05) is 73.3 Å². The molecule has 0 saturated carbocycles. The molecule has 27 heavy (non-hydrogen) atoms. The lowest BCUT2D eigenvalue weighted by Crippen LogP contribution is -2.05. The van der Waals surface area contributed by atoms with Gasteiger partial charge in [-0.2, -0.15) is 0 Å². The van der Waals surface area contributed by atoms with Crippen molar-refractivity contribution in [2.45, 2.75) is 13.5 Å². The van der Waals surface area contributed by atoms with Crippen molar-refractivity contribution in [1.29, 1.82) is 0 Å². The summed E-state index contributed by atoms with van der Waals surface area (Å²) in [6.45, 7) is 5.56. The second kappa shape index (κ2) is 5.82. The van der Waals surface area contributed by atoms with Gasteiger partial charge >= 0.3 is 5.97 Å². The highest BCUT2D eigenvalue weighted by atomic mass is 16.5. The molecule has 0 bridgehead atoms. The van der Waals surface area contributed by atoms with Gasteiger partial charge in [0, 0.05) is 5.57 Å². The summed E-state index contributed by atoms with van der Waals surface area (Å²) in [6, 6.07) is 23.5. The molecule has 0 aliphatic rings. The van der Waals surface area contributed by atoms with Crippen LogP contribution in [0, 0.1) is 0 Å². The minimum atomic E-state index is -0.356. The van der Waals surface area contributed by atoms with E-state index < -0.39 is 0 Å². The molecule has 0 spiro atoms. The molecule has 0 radical (unpaired) electrons. The zero-order chi connectivity index (χ0) is 18.5. The van der Waals surface area contributed by atoms with Gasteiger partial charge in [0.25, 0.3) is 0 Å². The SMILES string of the molecule is C=C(C)C(=O)OCc1ccc2c3cccc4cccc(c5cccc1c52)c43. The van der Waals surface area contributed by atoms with Crippen LogP contribution in [0.2, 0.25) is 0 Å². The van der Waals surface area contributed by atoms with Crippen molar-refractivity contribution in [2.75, 3.05) is 0 Å². The second-order valence-corrected chi connectivity index (χ2v) is 7.07. The fourth-order valence-electron chi connectivity index (χ4n) is 4.10. The maximum absolute atomic E-state index is 11.8. The number of carbonyl (C=O) groups is 1. The zero-order valence-corrected chi connectivity index (χ0v) is 15.1. The predicted octanol–water partition coefficient (Wildman–Crippen LogP) is 6.36. The molecule has 2 heteroatoms. The third-order valence-corrected chi connectivity index (χ3v) is 5.32. The fourth-order valence-corrected chi connectivity index (χ4v) is 4.10.